The van der Waals surface area contributed by atoms with Crippen molar-refractivity contribution < 1.29 is 4.39 Å². The first-order chi connectivity index (χ1) is 7.03. The average Bonchev–Trinajstić information content (AvgIpc) is 2.88. The lowest BCUT2D eigenvalue weighted by molar-refractivity contribution is 0.245. The maximum absolute atomic E-state index is 12.8. The summed E-state index contributed by atoms with van der Waals surface area (Å²) in [5.74, 6) is -0.196. The molecular formula is C12H17FN2. The van der Waals surface area contributed by atoms with Crippen molar-refractivity contribution in [3.8, 4) is 0 Å². The second-order valence-corrected chi connectivity index (χ2v) is 4.65. The van der Waals surface area contributed by atoms with Crippen LogP contribution in [0.2, 0.25) is 0 Å². The van der Waals surface area contributed by atoms with Gasteiger partial charge in [0.25, 0.3) is 0 Å². The number of nitrogens with two attached hydrogens (primary N) is 1. The molecule has 0 aliphatic heterocycles. The maximum atomic E-state index is 12.8. The summed E-state index contributed by atoms with van der Waals surface area (Å²) in [5, 5.41) is 0. The zero-order valence-corrected chi connectivity index (χ0v) is 9.20. The molecule has 2 rings (SSSR count). The molecule has 1 aliphatic rings. The number of hydrogen-bond acceptors (Lipinski definition) is 2. The maximum Gasteiger partial charge on any atom is 0.123 e. The van der Waals surface area contributed by atoms with E-state index in [2.05, 4.69) is 4.90 Å². The van der Waals surface area contributed by atoms with Gasteiger partial charge in [0.1, 0.15) is 5.82 Å². The Kier molecular flexibility index (Phi) is 2.52. The Morgan fingerprint density at radius 1 is 1.27 bits per heavy atom. The van der Waals surface area contributed by atoms with Crippen LogP contribution in [0.3, 0.4) is 0 Å². The molecule has 1 saturated carbocycles. The zero-order chi connectivity index (χ0) is 11.1. The molecule has 1 atom stereocenters. The van der Waals surface area contributed by atoms with Gasteiger partial charge in [0.2, 0.25) is 0 Å². The van der Waals surface area contributed by atoms with Crippen molar-refractivity contribution in [2.24, 2.45) is 5.73 Å². The van der Waals surface area contributed by atoms with Crippen molar-refractivity contribution in [1.82, 2.24) is 4.90 Å². The van der Waals surface area contributed by atoms with E-state index in [4.69, 9.17) is 5.73 Å². The van der Waals surface area contributed by atoms with Crippen LogP contribution in [-0.2, 0) is 0 Å². The van der Waals surface area contributed by atoms with Crippen LogP contribution in [0, 0.1) is 5.82 Å². The van der Waals surface area contributed by atoms with E-state index in [1.54, 1.807) is 0 Å². The van der Waals surface area contributed by atoms with E-state index < -0.39 is 0 Å². The van der Waals surface area contributed by atoms with Gasteiger partial charge in [0.05, 0.1) is 6.04 Å². The van der Waals surface area contributed by atoms with E-state index in [0.717, 1.165) is 18.4 Å². The monoisotopic (exact) mass is 208 g/mol. The largest absolute Gasteiger partial charge is 0.323 e. The molecular weight excluding hydrogens is 191 g/mol. The molecule has 2 nitrogen and oxygen atoms in total. The molecule has 0 radical (unpaired) electrons. The molecule has 0 aromatic heterocycles. The van der Waals surface area contributed by atoms with Gasteiger partial charge in [-0.1, -0.05) is 12.1 Å². The van der Waals surface area contributed by atoms with Gasteiger partial charge in [-0.3, -0.25) is 0 Å². The first-order valence-electron chi connectivity index (χ1n) is 5.24. The minimum atomic E-state index is -0.196. The van der Waals surface area contributed by atoms with Crippen LogP contribution in [0.4, 0.5) is 4.39 Å². The van der Waals surface area contributed by atoms with Crippen molar-refractivity contribution in [2.45, 2.75) is 24.4 Å². The second-order valence-electron chi connectivity index (χ2n) is 4.65. The van der Waals surface area contributed by atoms with Gasteiger partial charge in [-0.05, 0) is 44.6 Å². The van der Waals surface area contributed by atoms with Crippen molar-refractivity contribution in [1.29, 1.82) is 0 Å². The van der Waals surface area contributed by atoms with Gasteiger partial charge >= 0.3 is 0 Å². The van der Waals surface area contributed by atoms with E-state index in [0.29, 0.717) is 0 Å². The van der Waals surface area contributed by atoms with E-state index in [-0.39, 0.29) is 17.4 Å². The Hall–Kier alpha value is -0.930. The summed E-state index contributed by atoms with van der Waals surface area (Å²) in [5.41, 5.74) is 7.22. The van der Waals surface area contributed by atoms with Crippen LogP contribution in [0.25, 0.3) is 0 Å². The molecule has 0 spiro atoms. The minimum Gasteiger partial charge on any atom is -0.323 e. The van der Waals surface area contributed by atoms with Crippen LogP contribution >= 0.6 is 0 Å². The Balaban J connectivity index is 2.29. The highest BCUT2D eigenvalue weighted by atomic mass is 19.1. The van der Waals surface area contributed by atoms with Crippen molar-refractivity contribution in [3.05, 3.63) is 35.6 Å². The lowest BCUT2D eigenvalue weighted by Gasteiger charge is -2.30. The third-order valence-electron chi connectivity index (χ3n) is 3.07. The Labute approximate surface area is 89.9 Å². The lowest BCUT2D eigenvalue weighted by atomic mass is 9.97. The highest BCUT2D eigenvalue weighted by molar-refractivity contribution is 5.27. The summed E-state index contributed by atoms with van der Waals surface area (Å²) in [6.07, 6.45) is 2.10. The number of halogens is 1. The molecule has 0 heterocycles. The predicted molar refractivity (Wildman–Crippen MR) is 59.0 cm³/mol. The topological polar surface area (TPSA) is 29.3 Å². The fourth-order valence-electron chi connectivity index (χ4n) is 2.21. The molecule has 1 unspecified atom stereocenters. The second kappa shape index (κ2) is 3.58. The highest BCUT2D eigenvalue weighted by Crippen LogP contribution is 2.45. The number of rotatable bonds is 3. The summed E-state index contributed by atoms with van der Waals surface area (Å²) >= 11 is 0. The first kappa shape index (κ1) is 10.6. The fourth-order valence-corrected chi connectivity index (χ4v) is 2.21. The Morgan fingerprint density at radius 2 is 1.80 bits per heavy atom. The van der Waals surface area contributed by atoms with Crippen LogP contribution in [0.1, 0.15) is 24.4 Å². The third-order valence-corrected chi connectivity index (χ3v) is 3.07. The summed E-state index contributed by atoms with van der Waals surface area (Å²) in [6.45, 7) is 0. The van der Waals surface area contributed by atoms with Gasteiger partial charge in [0, 0.05) is 5.54 Å². The quantitative estimate of drug-likeness (QED) is 0.822. The van der Waals surface area contributed by atoms with Crippen LogP contribution in [0.15, 0.2) is 24.3 Å². The van der Waals surface area contributed by atoms with E-state index in [1.165, 1.54) is 12.1 Å². The van der Waals surface area contributed by atoms with Gasteiger partial charge in [0.15, 0.2) is 0 Å². The normalized spacial score (nSPS) is 20.3. The third kappa shape index (κ3) is 2.03. The molecule has 15 heavy (non-hydrogen) atoms. The van der Waals surface area contributed by atoms with E-state index in [1.807, 2.05) is 26.2 Å². The molecule has 1 aromatic carbocycles. The van der Waals surface area contributed by atoms with Crippen molar-refractivity contribution >= 4 is 0 Å². The molecule has 0 saturated heterocycles. The molecule has 3 heteroatoms. The molecule has 1 aliphatic carbocycles. The lowest BCUT2D eigenvalue weighted by Crippen LogP contribution is -2.39. The van der Waals surface area contributed by atoms with E-state index in [9.17, 15) is 4.39 Å². The minimum absolute atomic E-state index is 0.110. The average molecular weight is 208 g/mol. The van der Waals surface area contributed by atoms with Crippen molar-refractivity contribution in [2.75, 3.05) is 14.1 Å². The van der Waals surface area contributed by atoms with Gasteiger partial charge in [-0.2, -0.15) is 0 Å². The zero-order valence-electron chi connectivity index (χ0n) is 9.20. The SMILES string of the molecule is CN(C)C(c1ccc(F)cc1)C1(N)CC1. The number of likely N-dealkylation sites (N-methyl/N-ethyl adjacent to an activating group) is 1. The Bertz CT molecular complexity index is 341. The molecule has 1 aromatic rings. The number of nitrogens with zero attached hydrogens (tertiary/aromatic N) is 1. The van der Waals surface area contributed by atoms with Crippen molar-refractivity contribution in [3.63, 3.8) is 0 Å². The highest BCUT2D eigenvalue weighted by Gasteiger charge is 2.47. The smallest absolute Gasteiger partial charge is 0.123 e. The fraction of sp³-hybridized carbons (Fsp3) is 0.500. The van der Waals surface area contributed by atoms with Crippen LogP contribution in [-0.4, -0.2) is 24.5 Å². The summed E-state index contributed by atoms with van der Waals surface area (Å²) < 4.78 is 12.8. The number of hydrogen-bond donors (Lipinski definition) is 1. The van der Waals surface area contributed by atoms with E-state index >= 15 is 0 Å². The summed E-state index contributed by atoms with van der Waals surface area (Å²) in [6, 6.07) is 6.84. The molecule has 82 valence electrons. The molecule has 1 fully saturated rings. The summed E-state index contributed by atoms with van der Waals surface area (Å²) in [7, 11) is 4.03. The molecule has 0 amide bonds. The van der Waals surface area contributed by atoms with Gasteiger partial charge in [-0.25, -0.2) is 4.39 Å². The van der Waals surface area contributed by atoms with Crippen LogP contribution < -0.4 is 5.73 Å². The van der Waals surface area contributed by atoms with Gasteiger partial charge < -0.3 is 10.6 Å². The first-order valence-corrected chi connectivity index (χ1v) is 5.24. The molecule has 0 bridgehead atoms. The Morgan fingerprint density at radius 3 is 2.20 bits per heavy atom. The predicted octanol–water partition coefficient (Wildman–Crippen LogP) is 1.92. The standard InChI is InChI=1S/C12H17FN2/c1-15(2)11(12(14)7-8-12)9-3-5-10(13)6-4-9/h3-6,11H,7-8,14H2,1-2H3. The summed E-state index contributed by atoms with van der Waals surface area (Å²) in [4.78, 5) is 2.11. The number of benzene rings is 1. The van der Waals surface area contributed by atoms with Crippen LogP contribution in [0.5, 0.6) is 0 Å². The van der Waals surface area contributed by atoms with Gasteiger partial charge in [-0.15, -0.1) is 0 Å². The molecule has 2 N–H and O–H groups in total.